The van der Waals surface area contributed by atoms with E-state index >= 15 is 0 Å². The lowest BCUT2D eigenvalue weighted by Gasteiger charge is -2.21. The van der Waals surface area contributed by atoms with Gasteiger partial charge in [-0.1, -0.05) is 21.9 Å². The molecular formula is C17H12BrNO4. The number of benzene rings is 1. The molecule has 6 heteroatoms. The molecule has 0 aliphatic carbocycles. The Balaban J connectivity index is 2.04. The first-order chi connectivity index (χ1) is 11.0. The summed E-state index contributed by atoms with van der Waals surface area (Å²) in [6.07, 6.45) is 6.26. The van der Waals surface area contributed by atoms with Crippen LogP contribution in [-0.2, 0) is 10.4 Å². The molecule has 0 fully saturated rings. The van der Waals surface area contributed by atoms with E-state index < -0.39 is 23.7 Å². The average molecular weight is 374 g/mol. The number of carbonyl (C=O) groups excluding carboxylic acids is 2. The monoisotopic (exact) mass is 373 g/mol. The molecule has 2 heterocycles. The molecule has 5 nitrogen and oxygen atoms in total. The van der Waals surface area contributed by atoms with Crippen molar-refractivity contribution in [3.05, 3.63) is 52.4 Å². The summed E-state index contributed by atoms with van der Waals surface area (Å²) in [5.74, 6) is 1.42. The summed E-state index contributed by atoms with van der Waals surface area (Å²) < 4.78 is 5.73. The van der Waals surface area contributed by atoms with E-state index in [0.717, 1.165) is 0 Å². The van der Waals surface area contributed by atoms with Crippen molar-refractivity contribution in [2.75, 3.05) is 11.4 Å². The second-order valence-corrected chi connectivity index (χ2v) is 6.11. The number of aliphatic hydroxyl groups is 1. The number of hydrogen-bond donors (Lipinski definition) is 1. The molecule has 1 aliphatic heterocycles. The Bertz CT molecular complexity index is 822. The summed E-state index contributed by atoms with van der Waals surface area (Å²) in [7, 11) is 0. The van der Waals surface area contributed by atoms with Crippen LogP contribution >= 0.6 is 15.9 Å². The van der Waals surface area contributed by atoms with Crippen molar-refractivity contribution in [3.63, 3.8) is 0 Å². The quantitative estimate of drug-likeness (QED) is 0.660. The number of terminal acetylenes is 1. The zero-order chi connectivity index (χ0) is 16.6. The molecule has 23 heavy (non-hydrogen) atoms. The topological polar surface area (TPSA) is 70.8 Å². The average Bonchev–Trinajstić information content (AvgIpc) is 3.11. The molecule has 1 aromatic heterocycles. The van der Waals surface area contributed by atoms with Gasteiger partial charge in [-0.2, -0.15) is 0 Å². The maximum absolute atomic E-state index is 12.7. The number of carbonyl (C=O) groups is 2. The van der Waals surface area contributed by atoms with Crippen molar-refractivity contribution in [1.82, 2.24) is 0 Å². The number of halogens is 1. The van der Waals surface area contributed by atoms with Crippen LogP contribution in [0.5, 0.6) is 0 Å². The third kappa shape index (κ3) is 2.48. The van der Waals surface area contributed by atoms with Gasteiger partial charge in [0.25, 0.3) is 5.91 Å². The van der Waals surface area contributed by atoms with Gasteiger partial charge in [0.2, 0.25) is 5.78 Å². The summed E-state index contributed by atoms with van der Waals surface area (Å²) in [6, 6.07) is 8.12. The first-order valence-corrected chi connectivity index (χ1v) is 7.61. The SMILES string of the molecule is C#CCN1C(=O)[C@](O)(CC(=O)c2ccco2)c2cc(Br)ccc21. The predicted octanol–water partition coefficient (Wildman–Crippen LogP) is 2.48. The molecule has 1 amide bonds. The van der Waals surface area contributed by atoms with Crippen LogP contribution in [0.3, 0.4) is 0 Å². The van der Waals surface area contributed by atoms with Gasteiger partial charge in [0, 0.05) is 10.0 Å². The number of furan rings is 1. The fraction of sp³-hybridized carbons (Fsp3) is 0.176. The van der Waals surface area contributed by atoms with Gasteiger partial charge in [-0.3, -0.25) is 14.5 Å². The zero-order valence-electron chi connectivity index (χ0n) is 12.0. The smallest absolute Gasteiger partial charge is 0.265 e. The van der Waals surface area contributed by atoms with E-state index in [2.05, 4.69) is 21.9 Å². The van der Waals surface area contributed by atoms with Crippen molar-refractivity contribution >= 4 is 33.3 Å². The van der Waals surface area contributed by atoms with Crippen molar-refractivity contribution in [2.45, 2.75) is 12.0 Å². The van der Waals surface area contributed by atoms with Crippen LogP contribution in [0.4, 0.5) is 5.69 Å². The van der Waals surface area contributed by atoms with Crippen molar-refractivity contribution in [1.29, 1.82) is 0 Å². The minimum atomic E-state index is -1.96. The van der Waals surface area contributed by atoms with E-state index in [4.69, 9.17) is 10.8 Å². The normalized spacial score (nSPS) is 19.5. The van der Waals surface area contributed by atoms with Crippen LogP contribution in [-0.4, -0.2) is 23.3 Å². The van der Waals surface area contributed by atoms with Crippen LogP contribution < -0.4 is 4.90 Å². The molecule has 2 aromatic rings. The molecule has 1 aliphatic rings. The van der Waals surface area contributed by atoms with E-state index in [1.807, 2.05) is 0 Å². The first-order valence-electron chi connectivity index (χ1n) is 6.82. The Hall–Kier alpha value is -2.36. The van der Waals surface area contributed by atoms with Crippen LogP contribution in [0.1, 0.15) is 22.5 Å². The van der Waals surface area contributed by atoms with Crippen molar-refractivity contribution < 1.29 is 19.1 Å². The lowest BCUT2D eigenvalue weighted by molar-refractivity contribution is -0.135. The van der Waals surface area contributed by atoms with E-state index in [9.17, 15) is 14.7 Å². The first kappa shape index (κ1) is 15.5. The summed E-state index contributed by atoms with van der Waals surface area (Å²) in [5.41, 5.74) is -1.10. The highest BCUT2D eigenvalue weighted by atomic mass is 79.9. The van der Waals surface area contributed by atoms with Crippen LogP contribution in [0.2, 0.25) is 0 Å². The van der Waals surface area contributed by atoms with E-state index in [-0.39, 0.29) is 12.3 Å². The summed E-state index contributed by atoms with van der Waals surface area (Å²) in [6.45, 7) is 0.0186. The number of hydrogen-bond acceptors (Lipinski definition) is 4. The van der Waals surface area contributed by atoms with E-state index in [1.165, 1.54) is 17.2 Å². The maximum Gasteiger partial charge on any atom is 0.265 e. The van der Waals surface area contributed by atoms with E-state index in [0.29, 0.717) is 15.7 Å². The Morgan fingerprint density at radius 2 is 2.22 bits per heavy atom. The largest absolute Gasteiger partial charge is 0.461 e. The van der Waals surface area contributed by atoms with Crippen LogP contribution in [0.15, 0.2) is 45.5 Å². The van der Waals surface area contributed by atoms with Crippen LogP contribution in [0, 0.1) is 12.3 Å². The zero-order valence-corrected chi connectivity index (χ0v) is 13.5. The molecule has 3 rings (SSSR count). The standard InChI is InChI=1S/C17H12BrNO4/c1-2-7-19-13-6-5-11(18)9-12(13)17(22,16(19)21)10-14(20)15-4-3-8-23-15/h1,3-6,8-9,22H,7,10H2/t17-/m0/s1. The minimum Gasteiger partial charge on any atom is -0.461 e. The molecule has 1 aromatic carbocycles. The van der Waals surface area contributed by atoms with Gasteiger partial charge >= 0.3 is 0 Å². The Labute approximate surface area is 141 Å². The van der Waals surface area contributed by atoms with Gasteiger partial charge in [-0.25, -0.2) is 0 Å². The third-order valence-corrected chi connectivity index (χ3v) is 4.25. The van der Waals surface area contributed by atoms with Gasteiger partial charge in [-0.05, 0) is 30.3 Å². The maximum atomic E-state index is 12.7. The fourth-order valence-corrected chi connectivity index (χ4v) is 3.06. The Morgan fingerprint density at radius 3 is 2.87 bits per heavy atom. The molecule has 1 N–H and O–H groups in total. The minimum absolute atomic E-state index is 0.0186. The number of nitrogens with zero attached hydrogens (tertiary/aromatic N) is 1. The van der Waals surface area contributed by atoms with Gasteiger partial charge in [0.1, 0.15) is 0 Å². The fourth-order valence-electron chi connectivity index (χ4n) is 2.70. The Kier molecular flexibility index (Phi) is 3.84. The van der Waals surface area contributed by atoms with Gasteiger partial charge in [-0.15, -0.1) is 6.42 Å². The number of rotatable bonds is 4. The molecule has 0 saturated heterocycles. The highest BCUT2D eigenvalue weighted by molar-refractivity contribution is 9.10. The molecular weight excluding hydrogens is 362 g/mol. The summed E-state index contributed by atoms with van der Waals surface area (Å²) in [4.78, 5) is 26.3. The highest BCUT2D eigenvalue weighted by Gasteiger charge is 2.51. The molecule has 0 saturated carbocycles. The highest BCUT2D eigenvalue weighted by Crippen LogP contribution is 2.43. The molecule has 0 radical (unpaired) electrons. The summed E-state index contributed by atoms with van der Waals surface area (Å²) in [5, 5.41) is 11.0. The number of Topliss-reactive ketones (excluding diaryl/α,β-unsaturated/α-hetero) is 1. The Morgan fingerprint density at radius 1 is 1.43 bits per heavy atom. The number of fused-ring (bicyclic) bond motifs is 1. The van der Waals surface area contributed by atoms with Crippen molar-refractivity contribution in [3.8, 4) is 12.3 Å². The van der Waals surface area contributed by atoms with Crippen molar-refractivity contribution in [2.24, 2.45) is 0 Å². The second-order valence-electron chi connectivity index (χ2n) is 5.19. The molecule has 0 unspecified atom stereocenters. The lowest BCUT2D eigenvalue weighted by atomic mass is 9.89. The van der Waals surface area contributed by atoms with Gasteiger partial charge in [0.05, 0.1) is 24.9 Å². The number of anilines is 1. The number of ketones is 1. The molecule has 0 bridgehead atoms. The van der Waals surface area contributed by atoms with Gasteiger partial charge < -0.3 is 9.52 Å². The third-order valence-electron chi connectivity index (χ3n) is 3.76. The predicted molar refractivity (Wildman–Crippen MR) is 86.9 cm³/mol. The number of amides is 1. The van der Waals surface area contributed by atoms with Crippen LogP contribution in [0.25, 0.3) is 0 Å². The molecule has 0 spiro atoms. The van der Waals surface area contributed by atoms with Gasteiger partial charge in [0.15, 0.2) is 11.4 Å². The molecule has 116 valence electrons. The second kappa shape index (κ2) is 5.69. The molecule has 1 atom stereocenters. The summed E-state index contributed by atoms with van der Waals surface area (Å²) >= 11 is 3.32. The van der Waals surface area contributed by atoms with E-state index in [1.54, 1.807) is 24.3 Å². The lowest BCUT2D eigenvalue weighted by Crippen LogP contribution is -2.42.